The van der Waals surface area contributed by atoms with Crippen molar-refractivity contribution in [2.45, 2.75) is 39.5 Å². The Morgan fingerprint density at radius 2 is 1.70 bits per heavy atom. The summed E-state index contributed by atoms with van der Waals surface area (Å²) in [5, 5.41) is 3.98. The van der Waals surface area contributed by atoms with Gasteiger partial charge >= 0.3 is 6.18 Å². The van der Waals surface area contributed by atoms with Gasteiger partial charge in [0, 0.05) is 31.7 Å². The third-order valence-corrected chi connectivity index (χ3v) is 4.99. The number of hydrogen-bond acceptors (Lipinski definition) is 4. The van der Waals surface area contributed by atoms with Gasteiger partial charge in [0.15, 0.2) is 0 Å². The average Bonchev–Trinajstić information content (AvgIpc) is 2.78. The van der Waals surface area contributed by atoms with Crippen LogP contribution < -0.4 is 0 Å². The SMILES string of the molecule is Cc1noc(C)c1CN1CCCN(Cc2ccc(C(F)(F)F)c(F)c2)CC1. The molecule has 1 aliphatic rings. The molecule has 0 spiro atoms. The molecule has 0 unspecified atom stereocenters. The second-order valence-corrected chi connectivity index (χ2v) is 7.02. The maximum absolute atomic E-state index is 13.8. The highest BCUT2D eigenvalue weighted by molar-refractivity contribution is 5.26. The largest absolute Gasteiger partial charge is 0.419 e. The minimum absolute atomic E-state index is 0.439. The van der Waals surface area contributed by atoms with Crippen LogP contribution in [-0.2, 0) is 19.3 Å². The van der Waals surface area contributed by atoms with E-state index in [0.29, 0.717) is 12.1 Å². The Hall–Kier alpha value is -1.93. The zero-order valence-corrected chi connectivity index (χ0v) is 15.4. The van der Waals surface area contributed by atoms with Crippen LogP contribution in [0.25, 0.3) is 0 Å². The lowest BCUT2D eigenvalue weighted by Gasteiger charge is -2.22. The van der Waals surface area contributed by atoms with Crippen LogP contribution in [0.1, 0.15) is 34.6 Å². The first kappa shape index (κ1) is 19.8. The third-order valence-electron chi connectivity index (χ3n) is 4.99. The van der Waals surface area contributed by atoms with Gasteiger partial charge in [0.05, 0.1) is 11.3 Å². The van der Waals surface area contributed by atoms with Gasteiger partial charge in [-0.1, -0.05) is 11.2 Å². The highest BCUT2D eigenvalue weighted by atomic mass is 19.4. The molecule has 0 bridgehead atoms. The van der Waals surface area contributed by atoms with Crippen LogP contribution in [0.15, 0.2) is 22.7 Å². The van der Waals surface area contributed by atoms with Gasteiger partial charge in [0.1, 0.15) is 11.6 Å². The van der Waals surface area contributed by atoms with Gasteiger partial charge in [-0.15, -0.1) is 0 Å². The normalized spacial score (nSPS) is 17.3. The predicted octanol–water partition coefficient (Wildman–Crippen LogP) is 4.16. The van der Waals surface area contributed by atoms with E-state index < -0.39 is 17.6 Å². The van der Waals surface area contributed by atoms with Crippen LogP contribution in [0, 0.1) is 19.7 Å². The quantitative estimate of drug-likeness (QED) is 0.740. The minimum Gasteiger partial charge on any atom is -0.361 e. The Labute approximate surface area is 155 Å². The molecule has 4 nitrogen and oxygen atoms in total. The van der Waals surface area contributed by atoms with Crippen molar-refractivity contribution in [3.05, 3.63) is 52.2 Å². The Morgan fingerprint density at radius 3 is 2.26 bits per heavy atom. The summed E-state index contributed by atoms with van der Waals surface area (Å²) < 4.78 is 57.0. The number of hydrogen-bond donors (Lipinski definition) is 0. The molecule has 0 saturated carbocycles. The van der Waals surface area contributed by atoms with Crippen LogP contribution in [0.5, 0.6) is 0 Å². The van der Waals surface area contributed by atoms with E-state index in [1.54, 1.807) is 0 Å². The highest BCUT2D eigenvalue weighted by Gasteiger charge is 2.34. The summed E-state index contributed by atoms with van der Waals surface area (Å²) in [6, 6.07) is 3.18. The molecular weight excluding hydrogens is 362 g/mol. The summed E-state index contributed by atoms with van der Waals surface area (Å²) in [5.74, 6) is -0.385. The molecule has 0 amide bonds. The van der Waals surface area contributed by atoms with Crippen LogP contribution in [0.4, 0.5) is 17.6 Å². The number of alkyl halides is 3. The van der Waals surface area contributed by atoms with Crippen molar-refractivity contribution in [3.63, 3.8) is 0 Å². The monoisotopic (exact) mass is 385 g/mol. The first-order valence-corrected chi connectivity index (χ1v) is 8.96. The Kier molecular flexibility index (Phi) is 5.86. The molecule has 0 atom stereocenters. The van der Waals surface area contributed by atoms with E-state index in [0.717, 1.165) is 68.3 Å². The molecule has 0 N–H and O–H groups in total. The van der Waals surface area contributed by atoms with E-state index in [2.05, 4.69) is 15.0 Å². The van der Waals surface area contributed by atoms with Gasteiger partial charge in [0.2, 0.25) is 0 Å². The van der Waals surface area contributed by atoms with Crippen LogP contribution in [0.2, 0.25) is 0 Å². The van der Waals surface area contributed by atoms with Gasteiger partial charge in [-0.2, -0.15) is 13.2 Å². The molecule has 1 fully saturated rings. The Bertz CT molecular complexity index is 768. The summed E-state index contributed by atoms with van der Waals surface area (Å²) in [7, 11) is 0. The second-order valence-electron chi connectivity index (χ2n) is 7.02. The topological polar surface area (TPSA) is 32.5 Å². The zero-order chi connectivity index (χ0) is 19.6. The van der Waals surface area contributed by atoms with E-state index in [4.69, 9.17) is 4.52 Å². The van der Waals surface area contributed by atoms with Crippen molar-refractivity contribution in [3.8, 4) is 0 Å². The minimum atomic E-state index is -4.66. The standard InChI is InChI=1S/C19H23F4N3O/c1-13-16(14(2)27-24-13)12-26-7-3-6-25(8-9-26)11-15-4-5-17(18(20)10-15)19(21,22)23/h4-5,10H,3,6-9,11-12H2,1-2H3. The first-order chi connectivity index (χ1) is 12.7. The zero-order valence-electron chi connectivity index (χ0n) is 15.4. The first-order valence-electron chi connectivity index (χ1n) is 8.96. The fraction of sp³-hybridized carbons (Fsp3) is 0.526. The average molecular weight is 385 g/mol. The molecule has 27 heavy (non-hydrogen) atoms. The van der Waals surface area contributed by atoms with Crippen molar-refractivity contribution in [2.75, 3.05) is 26.2 Å². The van der Waals surface area contributed by atoms with Gasteiger partial charge < -0.3 is 4.52 Å². The molecule has 8 heteroatoms. The van der Waals surface area contributed by atoms with Crippen molar-refractivity contribution in [1.29, 1.82) is 0 Å². The van der Waals surface area contributed by atoms with Crippen LogP contribution in [-0.4, -0.2) is 41.1 Å². The third kappa shape index (κ3) is 4.87. The van der Waals surface area contributed by atoms with Crippen molar-refractivity contribution >= 4 is 0 Å². The molecule has 148 valence electrons. The maximum Gasteiger partial charge on any atom is 0.419 e. The summed E-state index contributed by atoms with van der Waals surface area (Å²) in [6.45, 7) is 8.37. The lowest BCUT2D eigenvalue weighted by Crippen LogP contribution is -2.30. The molecule has 1 aromatic carbocycles. The van der Waals surface area contributed by atoms with E-state index in [9.17, 15) is 17.6 Å². The fourth-order valence-electron chi connectivity index (χ4n) is 3.44. The summed E-state index contributed by atoms with van der Waals surface area (Å²) >= 11 is 0. The molecule has 3 rings (SSSR count). The lowest BCUT2D eigenvalue weighted by atomic mass is 10.1. The fourth-order valence-corrected chi connectivity index (χ4v) is 3.44. The van der Waals surface area contributed by atoms with Crippen molar-refractivity contribution in [1.82, 2.24) is 15.0 Å². The van der Waals surface area contributed by atoms with Crippen molar-refractivity contribution < 1.29 is 22.1 Å². The molecule has 1 aromatic heterocycles. The number of halogens is 4. The van der Waals surface area contributed by atoms with Gasteiger partial charge in [0.25, 0.3) is 0 Å². The van der Waals surface area contributed by atoms with E-state index in [-0.39, 0.29) is 0 Å². The lowest BCUT2D eigenvalue weighted by molar-refractivity contribution is -0.140. The van der Waals surface area contributed by atoms with E-state index in [1.165, 1.54) is 6.07 Å². The number of aromatic nitrogens is 1. The number of aryl methyl sites for hydroxylation is 2. The number of benzene rings is 1. The Balaban J connectivity index is 1.59. The van der Waals surface area contributed by atoms with Gasteiger partial charge in [-0.25, -0.2) is 4.39 Å². The molecule has 1 saturated heterocycles. The van der Waals surface area contributed by atoms with Crippen LogP contribution in [0.3, 0.4) is 0 Å². The number of rotatable bonds is 4. The summed E-state index contributed by atoms with van der Waals surface area (Å²) in [5.41, 5.74) is 1.34. The molecule has 2 aromatic rings. The molecule has 1 aliphatic heterocycles. The Morgan fingerprint density at radius 1 is 1.04 bits per heavy atom. The van der Waals surface area contributed by atoms with E-state index in [1.807, 2.05) is 13.8 Å². The molecule has 0 aliphatic carbocycles. The molecule has 0 radical (unpaired) electrons. The highest BCUT2D eigenvalue weighted by Crippen LogP contribution is 2.31. The smallest absolute Gasteiger partial charge is 0.361 e. The summed E-state index contributed by atoms with van der Waals surface area (Å²) in [4.78, 5) is 4.47. The second kappa shape index (κ2) is 7.98. The molecule has 2 heterocycles. The number of nitrogens with zero attached hydrogens (tertiary/aromatic N) is 3. The maximum atomic E-state index is 13.8. The van der Waals surface area contributed by atoms with E-state index >= 15 is 0 Å². The van der Waals surface area contributed by atoms with Gasteiger partial charge in [-0.05, 0) is 51.1 Å². The molecular formula is C19H23F4N3O. The van der Waals surface area contributed by atoms with Crippen LogP contribution >= 0.6 is 0 Å². The summed E-state index contributed by atoms with van der Waals surface area (Å²) in [6.07, 6.45) is -3.73. The predicted molar refractivity (Wildman–Crippen MR) is 92.6 cm³/mol. The van der Waals surface area contributed by atoms with Gasteiger partial charge in [-0.3, -0.25) is 9.80 Å². The van der Waals surface area contributed by atoms with Crippen molar-refractivity contribution in [2.24, 2.45) is 0 Å².